The Bertz CT molecular complexity index is 343. The van der Waals surface area contributed by atoms with Crippen molar-refractivity contribution in [3.05, 3.63) is 12.2 Å². The lowest BCUT2D eigenvalue weighted by atomic mass is 10.2. The predicted octanol–water partition coefficient (Wildman–Crippen LogP) is 1.35. The van der Waals surface area contributed by atoms with Gasteiger partial charge in [0.1, 0.15) is 6.04 Å². The molecule has 6 nitrogen and oxygen atoms in total. The fourth-order valence-corrected chi connectivity index (χ4v) is 1.75. The first-order chi connectivity index (χ1) is 9.88. The Hall–Kier alpha value is -1.40. The molecule has 6 heteroatoms. The molecule has 0 saturated heterocycles. The Balaban J connectivity index is 4.16. The summed E-state index contributed by atoms with van der Waals surface area (Å²) in [4.78, 5) is 24.2. The van der Waals surface area contributed by atoms with Gasteiger partial charge in [0.2, 0.25) is 5.91 Å². The second kappa shape index (κ2) is 11.3. The zero-order valence-corrected chi connectivity index (χ0v) is 13.2. The van der Waals surface area contributed by atoms with E-state index in [-0.39, 0.29) is 19.1 Å². The zero-order chi connectivity index (χ0) is 16.3. The molecule has 2 atom stereocenters. The first-order valence-corrected chi connectivity index (χ1v) is 7.45. The molecule has 0 aliphatic carbocycles. The summed E-state index contributed by atoms with van der Waals surface area (Å²) in [6, 6.07) is -0.760. The number of carbonyl (C=O) groups excluding carboxylic acids is 1. The number of nitrogens with zero attached hydrogens (tertiary/aromatic N) is 1. The largest absolute Gasteiger partial charge is 0.480 e. The lowest BCUT2D eigenvalue weighted by molar-refractivity contribution is -0.143. The highest BCUT2D eigenvalue weighted by atomic mass is 16.4. The Morgan fingerprint density at radius 2 is 1.86 bits per heavy atom. The van der Waals surface area contributed by atoms with E-state index in [1.807, 2.05) is 6.08 Å². The monoisotopic (exact) mass is 300 g/mol. The van der Waals surface area contributed by atoms with Crippen molar-refractivity contribution in [2.75, 3.05) is 13.2 Å². The van der Waals surface area contributed by atoms with Crippen LogP contribution in [-0.4, -0.2) is 52.3 Å². The third-order valence-electron chi connectivity index (χ3n) is 3.04. The van der Waals surface area contributed by atoms with Crippen molar-refractivity contribution in [3.8, 4) is 0 Å². The van der Waals surface area contributed by atoms with Crippen LogP contribution in [0, 0.1) is 0 Å². The summed E-state index contributed by atoms with van der Waals surface area (Å²) in [6.07, 6.45) is 6.54. The molecule has 0 fully saturated rings. The lowest BCUT2D eigenvalue weighted by Gasteiger charge is -2.27. The van der Waals surface area contributed by atoms with Gasteiger partial charge in [-0.3, -0.25) is 14.5 Å². The molecule has 0 bridgehead atoms. The molecule has 0 aromatic heterocycles. The van der Waals surface area contributed by atoms with Crippen LogP contribution in [-0.2, 0) is 9.59 Å². The van der Waals surface area contributed by atoms with Crippen molar-refractivity contribution in [1.29, 1.82) is 0 Å². The molecule has 21 heavy (non-hydrogen) atoms. The number of carboxylic acid groups (broad SMARTS) is 1. The highest BCUT2D eigenvalue weighted by molar-refractivity contribution is 5.76. The fraction of sp³-hybridized carbons (Fsp3) is 0.733. The Morgan fingerprint density at radius 3 is 2.38 bits per heavy atom. The average molecular weight is 300 g/mol. The van der Waals surface area contributed by atoms with Crippen molar-refractivity contribution in [2.45, 2.75) is 58.6 Å². The van der Waals surface area contributed by atoms with E-state index in [4.69, 9.17) is 5.11 Å². The van der Waals surface area contributed by atoms with Crippen LogP contribution >= 0.6 is 0 Å². The third kappa shape index (κ3) is 10.0. The normalized spacial score (nSPS) is 14.3. The average Bonchev–Trinajstić information content (AvgIpc) is 2.41. The topological polar surface area (TPSA) is 89.9 Å². The maximum absolute atomic E-state index is 11.7. The molecule has 122 valence electrons. The summed E-state index contributed by atoms with van der Waals surface area (Å²) < 4.78 is 0. The van der Waals surface area contributed by atoms with Crippen molar-refractivity contribution in [3.63, 3.8) is 0 Å². The number of allylic oxidation sites excluding steroid dienone is 2. The number of nitrogens with one attached hydrogen (secondary N) is 1. The number of aliphatic carboxylic acids is 1. The molecule has 0 aromatic rings. The van der Waals surface area contributed by atoms with Crippen molar-refractivity contribution in [2.24, 2.45) is 0 Å². The summed E-state index contributed by atoms with van der Waals surface area (Å²) in [6.45, 7) is 5.53. The quantitative estimate of drug-likeness (QED) is 0.396. The number of hydrogen-bond acceptors (Lipinski definition) is 4. The van der Waals surface area contributed by atoms with Gasteiger partial charge < -0.3 is 15.5 Å². The van der Waals surface area contributed by atoms with E-state index in [9.17, 15) is 14.7 Å². The Morgan fingerprint density at radius 1 is 1.24 bits per heavy atom. The van der Waals surface area contributed by atoms with Crippen molar-refractivity contribution < 1.29 is 19.8 Å². The minimum atomic E-state index is -0.979. The minimum Gasteiger partial charge on any atom is -0.480 e. The molecule has 3 N–H and O–H groups in total. The lowest BCUT2D eigenvalue weighted by Crippen LogP contribution is -2.48. The van der Waals surface area contributed by atoms with Crippen LogP contribution < -0.4 is 5.32 Å². The number of carboxylic acids is 1. The van der Waals surface area contributed by atoms with Gasteiger partial charge in [0.05, 0.1) is 12.8 Å². The smallest absolute Gasteiger partial charge is 0.320 e. The number of carbonyl (C=O) groups is 2. The van der Waals surface area contributed by atoms with E-state index in [1.54, 1.807) is 6.92 Å². The maximum Gasteiger partial charge on any atom is 0.320 e. The van der Waals surface area contributed by atoms with Gasteiger partial charge in [-0.25, -0.2) is 0 Å². The van der Waals surface area contributed by atoms with Gasteiger partial charge in [-0.05, 0) is 26.7 Å². The van der Waals surface area contributed by atoms with E-state index >= 15 is 0 Å². The number of unbranched alkanes of at least 4 members (excludes halogenated alkanes) is 1. The van der Waals surface area contributed by atoms with E-state index in [2.05, 4.69) is 18.3 Å². The second-order valence-electron chi connectivity index (χ2n) is 5.19. The zero-order valence-electron chi connectivity index (χ0n) is 13.2. The van der Waals surface area contributed by atoms with Gasteiger partial charge in [0.25, 0.3) is 0 Å². The highest BCUT2D eigenvalue weighted by Gasteiger charge is 2.21. The SMILES string of the molecule is CCC/C=C/CCC(=O)NCN(CC(C)O)C(C)C(=O)O. The molecule has 0 spiro atoms. The van der Waals surface area contributed by atoms with Crippen LogP contribution in [0.15, 0.2) is 12.2 Å². The molecular formula is C15H28N2O4. The Kier molecular flexibility index (Phi) is 10.5. The van der Waals surface area contributed by atoms with Crippen LogP contribution in [0.25, 0.3) is 0 Å². The van der Waals surface area contributed by atoms with Crippen molar-refractivity contribution in [1.82, 2.24) is 10.2 Å². The summed E-state index contributed by atoms with van der Waals surface area (Å²) in [5.41, 5.74) is 0. The van der Waals surface area contributed by atoms with Crippen LogP contribution in [0.1, 0.15) is 46.5 Å². The molecule has 0 radical (unpaired) electrons. The number of aliphatic hydroxyl groups is 1. The molecule has 0 aromatic carbocycles. The summed E-state index contributed by atoms with van der Waals surface area (Å²) in [5, 5.41) is 21.1. The van der Waals surface area contributed by atoms with Gasteiger partial charge in [-0.1, -0.05) is 25.5 Å². The number of rotatable bonds is 11. The number of hydrogen-bond donors (Lipinski definition) is 3. The van der Waals surface area contributed by atoms with Gasteiger partial charge >= 0.3 is 5.97 Å². The van der Waals surface area contributed by atoms with Crippen LogP contribution in [0.3, 0.4) is 0 Å². The third-order valence-corrected chi connectivity index (χ3v) is 3.04. The molecule has 2 unspecified atom stereocenters. The highest BCUT2D eigenvalue weighted by Crippen LogP contribution is 2.01. The molecule has 0 aliphatic rings. The van der Waals surface area contributed by atoms with E-state index in [1.165, 1.54) is 11.8 Å². The summed E-state index contributed by atoms with van der Waals surface area (Å²) in [7, 11) is 0. The standard InChI is InChI=1S/C15H28N2O4/c1-4-5-6-7-8-9-14(19)16-11-17(10-12(2)18)13(3)15(20)21/h6-7,12-13,18H,4-5,8-11H2,1-3H3,(H,16,19)(H,20,21)/b7-6+. The molecule has 0 aliphatic heterocycles. The minimum absolute atomic E-state index is 0.121. The Labute approximate surface area is 126 Å². The van der Waals surface area contributed by atoms with Crippen LogP contribution in [0.4, 0.5) is 0 Å². The van der Waals surface area contributed by atoms with Gasteiger partial charge in [-0.15, -0.1) is 0 Å². The molecular weight excluding hydrogens is 272 g/mol. The maximum atomic E-state index is 11.7. The molecule has 1 amide bonds. The number of aliphatic hydroxyl groups excluding tert-OH is 1. The van der Waals surface area contributed by atoms with Gasteiger partial charge in [0, 0.05) is 13.0 Å². The van der Waals surface area contributed by atoms with Crippen molar-refractivity contribution >= 4 is 11.9 Å². The number of amides is 1. The molecule has 0 heterocycles. The molecule has 0 saturated carbocycles. The fourth-order valence-electron chi connectivity index (χ4n) is 1.75. The summed E-state index contributed by atoms with van der Waals surface area (Å²) >= 11 is 0. The van der Waals surface area contributed by atoms with E-state index < -0.39 is 18.1 Å². The predicted molar refractivity (Wildman–Crippen MR) is 81.8 cm³/mol. The first kappa shape index (κ1) is 19.6. The summed E-state index contributed by atoms with van der Waals surface area (Å²) in [5.74, 6) is -1.10. The van der Waals surface area contributed by atoms with E-state index in [0.29, 0.717) is 12.8 Å². The van der Waals surface area contributed by atoms with Gasteiger partial charge in [-0.2, -0.15) is 0 Å². The molecule has 0 rings (SSSR count). The van der Waals surface area contributed by atoms with Crippen LogP contribution in [0.2, 0.25) is 0 Å². The second-order valence-corrected chi connectivity index (χ2v) is 5.19. The van der Waals surface area contributed by atoms with Gasteiger partial charge in [0.15, 0.2) is 0 Å². The van der Waals surface area contributed by atoms with E-state index in [0.717, 1.165) is 12.8 Å². The van der Waals surface area contributed by atoms with Crippen LogP contribution in [0.5, 0.6) is 0 Å². The first-order valence-electron chi connectivity index (χ1n) is 7.45.